The Morgan fingerprint density at radius 1 is 0.911 bits per heavy atom. The van der Waals surface area contributed by atoms with Crippen molar-refractivity contribution in [3.8, 4) is 5.75 Å². The maximum Gasteiger partial charge on any atom is 0.270 e. The minimum absolute atomic E-state index is 0.0666. The van der Waals surface area contributed by atoms with Crippen LogP contribution < -0.4 is 10.1 Å². The molecule has 1 N–H and O–H groups in total. The molecule has 4 aromatic rings. The number of para-hydroxylation sites is 1. The van der Waals surface area contributed by atoms with Crippen LogP contribution in [0.5, 0.6) is 5.75 Å². The summed E-state index contributed by atoms with van der Waals surface area (Å²) in [6.45, 7) is 3.81. The van der Waals surface area contributed by atoms with Gasteiger partial charge in [0, 0.05) is 35.1 Å². The number of ether oxygens (including phenoxy) is 1. The fourth-order valence-corrected chi connectivity index (χ4v) is 7.26. The number of benzene rings is 4. The largest absolute Gasteiger partial charge is 0.491 e. The topological polar surface area (TPSA) is 119 Å². The molecule has 0 radical (unpaired) electrons. The Kier molecular flexibility index (Phi) is 6.62. The van der Waals surface area contributed by atoms with Gasteiger partial charge in [-0.3, -0.25) is 24.5 Å². The molecule has 4 unspecified atom stereocenters. The molecule has 3 aliphatic heterocycles. The number of Topliss-reactive ketones (excluding diaryl/α,β-unsaturated/α-hetero) is 2. The van der Waals surface area contributed by atoms with E-state index in [0.717, 1.165) is 11.1 Å². The van der Waals surface area contributed by atoms with Gasteiger partial charge in [-0.25, -0.2) is 0 Å². The van der Waals surface area contributed by atoms with E-state index in [1.54, 1.807) is 36.5 Å². The van der Waals surface area contributed by atoms with Crippen LogP contribution in [0.4, 0.5) is 11.4 Å². The number of nitro benzene ring substituents is 1. The van der Waals surface area contributed by atoms with E-state index in [0.29, 0.717) is 22.6 Å². The first kappa shape index (κ1) is 28.2. The number of hydrogen-bond acceptors (Lipinski definition) is 7. The predicted octanol–water partition coefficient (Wildman–Crippen LogP) is 6.36. The van der Waals surface area contributed by atoms with Gasteiger partial charge in [-0.1, -0.05) is 54.6 Å². The monoisotopic (exact) mass is 599 g/mol. The van der Waals surface area contributed by atoms with Crippen LogP contribution in [0.15, 0.2) is 103 Å². The Morgan fingerprint density at radius 3 is 2.40 bits per heavy atom. The number of nitro groups is 1. The van der Waals surface area contributed by atoms with Gasteiger partial charge >= 0.3 is 0 Å². The number of carbonyl (C=O) groups excluding carboxylic acids is 3. The Bertz CT molecular complexity index is 1920. The molecule has 1 fully saturated rings. The van der Waals surface area contributed by atoms with Crippen molar-refractivity contribution in [3.63, 3.8) is 0 Å². The number of nitrogens with one attached hydrogen (secondary N) is 1. The van der Waals surface area contributed by atoms with E-state index in [4.69, 9.17) is 4.74 Å². The van der Waals surface area contributed by atoms with Crippen molar-refractivity contribution >= 4 is 34.9 Å². The molecular weight excluding hydrogens is 570 g/mol. The first-order chi connectivity index (χ1) is 21.7. The molecule has 1 amide bonds. The van der Waals surface area contributed by atoms with Crippen LogP contribution in [0, 0.1) is 16.0 Å². The summed E-state index contributed by atoms with van der Waals surface area (Å²) in [5.74, 6) is -1.85. The van der Waals surface area contributed by atoms with E-state index in [1.807, 2.05) is 67.3 Å². The van der Waals surface area contributed by atoms with Gasteiger partial charge in [0.25, 0.3) is 5.69 Å². The number of fused-ring (bicyclic) bond motifs is 6. The second-order valence-electron chi connectivity index (χ2n) is 11.8. The Morgan fingerprint density at radius 2 is 1.64 bits per heavy atom. The van der Waals surface area contributed by atoms with E-state index >= 15 is 0 Å². The maximum absolute atomic E-state index is 14.9. The number of anilines is 1. The lowest BCUT2D eigenvalue weighted by Gasteiger charge is -2.38. The number of carbonyl (C=O) groups is 3. The minimum Gasteiger partial charge on any atom is -0.491 e. The van der Waals surface area contributed by atoms with E-state index in [1.165, 1.54) is 24.3 Å². The summed E-state index contributed by atoms with van der Waals surface area (Å²) in [6.07, 6.45) is 3.58. The standard InChI is InChI=1S/C36H29N3O6/c1-21(2)45-26-16-14-23(15-17-26)32(40)30-31(33(41)24-9-7-10-25(20-24)39(43)44)38-19-18-22-8-3-4-11-27(22)34(38)36(30)28-12-5-6-13-29(28)37-35(36)42/h3-21,30-31,34H,1-2H3,(H,37,42). The van der Waals surface area contributed by atoms with Gasteiger partial charge in [0.05, 0.1) is 23.0 Å². The van der Waals surface area contributed by atoms with Crippen molar-refractivity contribution in [3.05, 3.63) is 141 Å². The molecule has 45 heavy (non-hydrogen) atoms. The van der Waals surface area contributed by atoms with Crippen LogP contribution in [0.25, 0.3) is 6.08 Å². The second-order valence-corrected chi connectivity index (χ2v) is 11.8. The molecule has 3 aliphatic rings. The molecular formula is C36H29N3O6. The molecule has 4 aromatic carbocycles. The highest BCUT2D eigenvalue weighted by molar-refractivity contribution is 6.16. The first-order valence-electron chi connectivity index (χ1n) is 14.8. The fourth-order valence-electron chi connectivity index (χ4n) is 7.26. The quantitative estimate of drug-likeness (QED) is 0.149. The lowest BCUT2D eigenvalue weighted by Crippen LogP contribution is -2.49. The number of non-ortho nitro benzene ring substituents is 1. The van der Waals surface area contributed by atoms with Crippen molar-refractivity contribution < 1.29 is 24.0 Å². The predicted molar refractivity (Wildman–Crippen MR) is 168 cm³/mol. The number of rotatable bonds is 7. The third-order valence-electron chi connectivity index (χ3n) is 8.97. The SMILES string of the molecule is CC(C)Oc1ccc(C(=O)C2C(C(=O)c3cccc([N+](=O)[O-])c3)N3C=Cc4ccccc4C3C23C(=O)Nc2ccccc23)cc1. The molecule has 9 heteroatoms. The molecule has 9 nitrogen and oxygen atoms in total. The Hall–Kier alpha value is -5.57. The summed E-state index contributed by atoms with van der Waals surface area (Å²) >= 11 is 0. The van der Waals surface area contributed by atoms with Gasteiger partial charge in [0.15, 0.2) is 11.6 Å². The average Bonchev–Trinajstić information content (AvgIpc) is 3.52. The zero-order chi connectivity index (χ0) is 31.5. The summed E-state index contributed by atoms with van der Waals surface area (Å²) in [4.78, 5) is 57.1. The number of nitrogens with zero attached hydrogens (tertiary/aromatic N) is 2. The van der Waals surface area contributed by atoms with Crippen molar-refractivity contribution in [2.75, 3.05) is 5.32 Å². The zero-order valence-electron chi connectivity index (χ0n) is 24.5. The number of hydrogen-bond donors (Lipinski definition) is 1. The fraction of sp³-hybridized carbons (Fsp3) is 0.194. The smallest absolute Gasteiger partial charge is 0.270 e. The van der Waals surface area contributed by atoms with Crippen LogP contribution in [0.3, 0.4) is 0 Å². The number of ketones is 2. The molecule has 224 valence electrons. The zero-order valence-corrected chi connectivity index (χ0v) is 24.5. The van der Waals surface area contributed by atoms with Gasteiger partial charge in [0.2, 0.25) is 5.91 Å². The Labute approximate surface area is 259 Å². The molecule has 1 saturated heterocycles. The van der Waals surface area contributed by atoms with Crippen LogP contribution in [0.1, 0.15) is 57.3 Å². The van der Waals surface area contributed by atoms with E-state index < -0.39 is 34.1 Å². The highest BCUT2D eigenvalue weighted by atomic mass is 16.6. The highest BCUT2D eigenvalue weighted by Crippen LogP contribution is 2.62. The van der Waals surface area contributed by atoms with Gasteiger partial charge in [-0.05, 0) is 66.9 Å². The first-order valence-corrected chi connectivity index (χ1v) is 14.8. The minimum atomic E-state index is -1.50. The van der Waals surface area contributed by atoms with Gasteiger partial charge < -0.3 is 15.0 Å². The normalized spacial score (nSPS) is 22.5. The summed E-state index contributed by atoms with van der Waals surface area (Å²) in [5, 5.41) is 14.7. The van der Waals surface area contributed by atoms with E-state index in [-0.39, 0.29) is 29.0 Å². The van der Waals surface area contributed by atoms with Gasteiger partial charge in [0.1, 0.15) is 17.2 Å². The lowest BCUT2D eigenvalue weighted by molar-refractivity contribution is -0.384. The molecule has 0 aromatic heterocycles. The van der Waals surface area contributed by atoms with Gasteiger partial charge in [-0.2, -0.15) is 0 Å². The number of amides is 1. The molecule has 0 saturated carbocycles. The summed E-state index contributed by atoms with van der Waals surface area (Å²) < 4.78 is 5.79. The molecule has 1 spiro atoms. The maximum atomic E-state index is 14.9. The third kappa shape index (κ3) is 4.26. The van der Waals surface area contributed by atoms with Gasteiger partial charge in [-0.15, -0.1) is 0 Å². The Balaban J connectivity index is 1.48. The van der Waals surface area contributed by atoms with Crippen molar-refractivity contribution in [1.29, 1.82) is 0 Å². The highest BCUT2D eigenvalue weighted by Gasteiger charge is 2.70. The third-order valence-corrected chi connectivity index (χ3v) is 8.97. The van der Waals surface area contributed by atoms with Crippen LogP contribution in [0.2, 0.25) is 0 Å². The second kappa shape index (κ2) is 10.6. The van der Waals surface area contributed by atoms with E-state index in [2.05, 4.69) is 5.32 Å². The van der Waals surface area contributed by atoms with Crippen LogP contribution in [-0.2, 0) is 10.2 Å². The lowest BCUT2D eigenvalue weighted by atomic mass is 9.62. The molecule has 0 bridgehead atoms. The summed E-state index contributed by atoms with van der Waals surface area (Å²) in [7, 11) is 0. The molecule has 4 atom stereocenters. The summed E-state index contributed by atoms with van der Waals surface area (Å²) in [5.41, 5.74) is 1.56. The summed E-state index contributed by atoms with van der Waals surface area (Å²) in [6, 6.07) is 25.3. The molecule has 0 aliphatic carbocycles. The van der Waals surface area contributed by atoms with Crippen LogP contribution in [-0.4, -0.2) is 39.4 Å². The van der Waals surface area contributed by atoms with Crippen molar-refractivity contribution in [2.45, 2.75) is 37.5 Å². The molecule has 7 rings (SSSR count). The average molecular weight is 600 g/mol. The van der Waals surface area contributed by atoms with Crippen LogP contribution >= 0.6 is 0 Å². The van der Waals surface area contributed by atoms with Crippen molar-refractivity contribution in [2.24, 2.45) is 5.92 Å². The van der Waals surface area contributed by atoms with Crippen molar-refractivity contribution in [1.82, 2.24) is 4.90 Å². The van der Waals surface area contributed by atoms with E-state index in [9.17, 15) is 24.5 Å². The molecule has 3 heterocycles.